The Bertz CT molecular complexity index is 602. The maximum Gasteiger partial charge on any atom is 0.323 e. The highest BCUT2D eigenvalue weighted by Gasteiger charge is 2.29. The van der Waals surface area contributed by atoms with Crippen LogP contribution in [-0.2, 0) is 22.4 Å². The van der Waals surface area contributed by atoms with Gasteiger partial charge in [-0.1, -0.05) is 24.9 Å². The summed E-state index contributed by atoms with van der Waals surface area (Å²) in [5.41, 5.74) is 1.47. The van der Waals surface area contributed by atoms with Gasteiger partial charge in [0.25, 0.3) is 0 Å². The van der Waals surface area contributed by atoms with Crippen molar-refractivity contribution in [3.63, 3.8) is 0 Å². The van der Waals surface area contributed by atoms with Crippen LogP contribution in [0.3, 0.4) is 0 Å². The molecule has 0 amide bonds. The highest BCUT2D eigenvalue weighted by molar-refractivity contribution is 6.31. The number of aryl methyl sites for hydroxylation is 1. The molecule has 3 nitrogen and oxygen atoms in total. The van der Waals surface area contributed by atoms with Crippen molar-refractivity contribution in [1.29, 1.82) is 0 Å². The van der Waals surface area contributed by atoms with Gasteiger partial charge in [-0.25, -0.2) is 4.39 Å². The van der Waals surface area contributed by atoms with Crippen molar-refractivity contribution in [2.75, 3.05) is 0 Å². The maximum atomic E-state index is 13.5. The second kappa shape index (κ2) is 9.20. The molecular weight excluding hydrogens is 364 g/mol. The van der Waals surface area contributed by atoms with E-state index in [1.807, 2.05) is 20.8 Å². The molecule has 1 aliphatic carbocycles. The number of nitrogens with one attached hydrogen (secondary N) is 1. The highest BCUT2D eigenvalue weighted by Crippen LogP contribution is 2.29. The molecule has 0 unspecified atom stereocenters. The molecule has 0 aromatic heterocycles. The van der Waals surface area contributed by atoms with Gasteiger partial charge < -0.3 is 10.1 Å². The van der Waals surface area contributed by atoms with Crippen LogP contribution in [0.4, 0.5) is 4.39 Å². The van der Waals surface area contributed by atoms with E-state index in [2.05, 4.69) is 12.2 Å². The molecule has 25 heavy (non-hydrogen) atoms. The van der Waals surface area contributed by atoms with E-state index in [4.69, 9.17) is 16.3 Å². The van der Waals surface area contributed by atoms with E-state index in [-0.39, 0.29) is 36.3 Å². The number of ether oxygens (including phenoxy) is 1. The van der Waals surface area contributed by atoms with Crippen LogP contribution in [0, 0.1) is 5.82 Å². The number of fused-ring (bicyclic) bond motifs is 1. The van der Waals surface area contributed by atoms with Crippen molar-refractivity contribution in [3.05, 3.63) is 34.1 Å². The lowest BCUT2D eigenvalue weighted by Gasteiger charge is -2.31. The third kappa shape index (κ3) is 6.43. The monoisotopic (exact) mass is 391 g/mol. The molecular formula is C19H28Cl2FNO2. The van der Waals surface area contributed by atoms with Crippen molar-refractivity contribution in [1.82, 2.24) is 5.32 Å². The summed E-state index contributed by atoms with van der Waals surface area (Å²) in [7, 11) is 0. The number of esters is 1. The van der Waals surface area contributed by atoms with Gasteiger partial charge in [0.05, 0.1) is 0 Å². The van der Waals surface area contributed by atoms with Gasteiger partial charge in [-0.2, -0.15) is 0 Å². The zero-order chi connectivity index (χ0) is 17.9. The molecule has 1 aliphatic rings. The van der Waals surface area contributed by atoms with Crippen LogP contribution < -0.4 is 5.32 Å². The van der Waals surface area contributed by atoms with Crippen molar-refractivity contribution in [2.45, 2.75) is 77.5 Å². The number of benzene rings is 1. The van der Waals surface area contributed by atoms with Gasteiger partial charge in [0.2, 0.25) is 0 Å². The average molecular weight is 392 g/mol. The molecule has 1 aromatic carbocycles. The molecule has 0 saturated carbocycles. The zero-order valence-electron chi connectivity index (χ0n) is 15.3. The van der Waals surface area contributed by atoms with E-state index >= 15 is 0 Å². The van der Waals surface area contributed by atoms with E-state index in [1.54, 1.807) is 6.07 Å². The third-order valence-corrected chi connectivity index (χ3v) is 4.51. The quantitative estimate of drug-likeness (QED) is 0.728. The Hall–Kier alpha value is -0.840. The molecule has 1 aromatic rings. The molecule has 2 atom stereocenters. The van der Waals surface area contributed by atoms with Crippen LogP contribution in [0.1, 0.15) is 58.1 Å². The van der Waals surface area contributed by atoms with E-state index in [9.17, 15) is 9.18 Å². The van der Waals surface area contributed by atoms with Crippen LogP contribution >= 0.6 is 24.0 Å². The minimum atomic E-state index is -0.495. The molecule has 0 saturated heterocycles. The molecule has 0 spiro atoms. The fraction of sp³-hybridized carbons (Fsp3) is 0.632. The van der Waals surface area contributed by atoms with Gasteiger partial charge in [0.15, 0.2) is 0 Å². The number of halogens is 3. The first-order chi connectivity index (χ1) is 11.2. The summed E-state index contributed by atoms with van der Waals surface area (Å²) in [5.74, 6) is -0.497. The number of carbonyl (C=O) groups excluding carboxylic acids is 1. The van der Waals surface area contributed by atoms with Gasteiger partial charge >= 0.3 is 5.97 Å². The van der Waals surface area contributed by atoms with E-state index in [1.165, 1.54) is 6.07 Å². The van der Waals surface area contributed by atoms with Crippen LogP contribution in [0.25, 0.3) is 0 Å². The molecule has 2 rings (SSSR count). The molecule has 0 aliphatic heterocycles. The summed E-state index contributed by atoms with van der Waals surface area (Å²) >= 11 is 6.20. The number of hydrogen-bond donors (Lipinski definition) is 1. The SMILES string of the molecule is CCC[C@H](N[C@H]1CCc2cc(F)cc(Cl)c2C1)C(=O)OC(C)(C)C.Cl. The topological polar surface area (TPSA) is 38.3 Å². The predicted molar refractivity (Wildman–Crippen MR) is 102 cm³/mol. The van der Waals surface area contributed by atoms with E-state index < -0.39 is 5.60 Å². The Kier molecular flexibility index (Phi) is 8.17. The minimum Gasteiger partial charge on any atom is -0.459 e. The molecule has 0 heterocycles. The summed E-state index contributed by atoms with van der Waals surface area (Å²) in [6.45, 7) is 7.67. The van der Waals surface area contributed by atoms with Crippen molar-refractivity contribution >= 4 is 30.0 Å². The second-order valence-electron chi connectivity index (χ2n) is 7.51. The van der Waals surface area contributed by atoms with Gasteiger partial charge in [-0.3, -0.25) is 4.79 Å². The van der Waals surface area contributed by atoms with Crippen LogP contribution in [0.2, 0.25) is 5.02 Å². The van der Waals surface area contributed by atoms with E-state index in [0.717, 1.165) is 36.8 Å². The predicted octanol–water partition coefficient (Wildman–Crippen LogP) is 4.86. The van der Waals surface area contributed by atoms with Gasteiger partial charge in [-0.05, 0) is 69.7 Å². The molecule has 0 radical (unpaired) electrons. The van der Waals surface area contributed by atoms with Crippen LogP contribution in [0.5, 0.6) is 0 Å². The Morgan fingerprint density at radius 1 is 1.44 bits per heavy atom. The summed E-state index contributed by atoms with van der Waals surface area (Å²) in [4.78, 5) is 12.4. The zero-order valence-corrected chi connectivity index (χ0v) is 16.9. The largest absolute Gasteiger partial charge is 0.459 e. The molecule has 6 heteroatoms. The third-order valence-electron chi connectivity index (χ3n) is 4.17. The number of rotatable bonds is 5. The minimum absolute atomic E-state index is 0. The summed E-state index contributed by atoms with van der Waals surface area (Å²) in [6, 6.07) is 2.75. The first kappa shape index (κ1) is 22.2. The molecule has 142 valence electrons. The lowest BCUT2D eigenvalue weighted by Crippen LogP contribution is -2.47. The fourth-order valence-corrected chi connectivity index (χ4v) is 3.45. The van der Waals surface area contributed by atoms with Crippen molar-refractivity contribution in [3.8, 4) is 0 Å². The summed E-state index contributed by atoms with van der Waals surface area (Å²) < 4.78 is 19.0. The highest BCUT2D eigenvalue weighted by atomic mass is 35.5. The molecule has 0 bridgehead atoms. The first-order valence-electron chi connectivity index (χ1n) is 8.65. The summed E-state index contributed by atoms with van der Waals surface area (Å²) in [6.07, 6.45) is 3.95. The molecule has 1 N–H and O–H groups in total. The first-order valence-corrected chi connectivity index (χ1v) is 9.03. The van der Waals surface area contributed by atoms with Crippen LogP contribution in [0.15, 0.2) is 12.1 Å². The number of carbonyl (C=O) groups is 1. The number of hydrogen-bond acceptors (Lipinski definition) is 3. The second-order valence-corrected chi connectivity index (χ2v) is 7.91. The molecule has 0 fully saturated rings. The Morgan fingerprint density at radius 3 is 2.72 bits per heavy atom. The Morgan fingerprint density at radius 2 is 2.12 bits per heavy atom. The Labute approximate surface area is 161 Å². The average Bonchev–Trinajstić information content (AvgIpc) is 2.45. The van der Waals surface area contributed by atoms with Gasteiger partial charge in [0.1, 0.15) is 17.5 Å². The van der Waals surface area contributed by atoms with Gasteiger partial charge in [-0.15, -0.1) is 12.4 Å². The maximum absolute atomic E-state index is 13.5. The standard InChI is InChI=1S/C19H27ClFNO2.ClH/c1-5-6-17(18(23)24-19(2,3)4)22-14-8-7-12-9-13(21)10-16(20)15(12)11-14;/h9-10,14,17,22H,5-8,11H2,1-4H3;1H/t14-,17-;/m0./s1. The smallest absolute Gasteiger partial charge is 0.323 e. The Balaban J connectivity index is 0.00000312. The lowest BCUT2D eigenvalue weighted by molar-refractivity contribution is -0.158. The van der Waals surface area contributed by atoms with Crippen LogP contribution in [-0.4, -0.2) is 23.7 Å². The van der Waals surface area contributed by atoms with Gasteiger partial charge in [0, 0.05) is 11.1 Å². The lowest BCUT2D eigenvalue weighted by atomic mass is 9.87. The normalized spacial score (nSPS) is 18.1. The summed E-state index contributed by atoms with van der Waals surface area (Å²) in [5, 5.41) is 3.91. The fourth-order valence-electron chi connectivity index (χ4n) is 3.14. The van der Waals surface area contributed by atoms with Crippen molar-refractivity contribution in [2.24, 2.45) is 0 Å². The van der Waals surface area contributed by atoms with E-state index in [0.29, 0.717) is 11.4 Å². The van der Waals surface area contributed by atoms with Crippen molar-refractivity contribution < 1.29 is 13.9 Å².